The first kappa shape index (κ1) is 31.5. The van der Waals surface area contributed by atoms with Crippen LogP contribution in [0.25, 0.3) is 0 Å². The molecule has 2 aromatic rings. The maximum absolute atomic E-state index is 14.7. The van der Waals surface area contributed by atoms with Gasteiger partial charge in [0.15, 0.2) is 0 Å². The molecule has 1 saturated carbocycles. The van der Waals surface area contributed by atoms with E-state index in [9.17, 15) is 18.0 Å². The number of hydrogen-bond acceptors (Lipinski definition) is 3. The number of carboxylic acid groups (broad SMARTS) is 1. The van der Waals surface area contributed by atoms with Crippen molar-refractivity contribution in [2.24, 2.45) is 11.8 Å². The van der Waals surface area contributed by atoms with Crippen molar-refractivity contribution in [3.63, 3.8) is 0 Å². The van der Waals surface area contributed by atoms with E-state index in [0.717, 1.165) is 45.6 Å². The number of likely N-dealkylation sites (N-methyl/N-ethyl adjacent to an activating group) is 1. The van der Waals surface area contributed by atoms with Crippen molar-refractivity contribution in [2.75, 3.05) is 33.2 Å². The van der Waals surface area contributed by atoms with Crippen LogP contribution >= 0.6 is 0 Å². The molecule has 1 unspecified atom stereocenters. The number of nitrogens with one attached hydrogen (secondary N) is 1. The van der Waals surface area contributed by atoms with Gasteiger partial charge in [-0.2, -0.15) is 13.2 Å². The summed E-state index contributed by atoms with van der Waals surface area (Å²) in [5.41, 5.74) is 5.72. The van der Waals surface area contributed by atoms with E-state index < -0.39 is 12.1 Å². The number of carbonyl (C=O) groups excluding carboxylic acids is 2. The van der Waals surface area contributed by atoms with E-state index in [2.05, 4.69) is 72.7 Å². The van der Waals surface area contributed by atoms with E-state index >= 15 is 0 Å². The highest BCUT2D eigenvalue weighted by molar-refractivity contribution is 5.82. The van der Waals surface area contributed by atoms with Crippen molar-refractivity contribution < 1.29 is 38.1 Å². The van der Waals surface area contributed by atoms with E-state index in [-0.39, 0.29) is 11.3 Å². The van der Waals surface area contributed by atoms with Crippen LogP contribution in [0, 0.1) is 18.8 Å². The molecule has 3 fully saturated rings. The Kier molecular flexibility index (Phi) is 9.52. The molecular formula is C34H45F3N3O3+. The molecule has 3 aliphatic heterocycles. The number of halogens is 3. The molecule has 4 aliphatic rings. The summed E-state index contributed by atoms with van der Waals surface area (Å²) in [5, 5.41) is 11.2. The second kappa shape index (κ2) is 13.0. The van der Waals surface area contributed by atoms with Crippen molar-refractivity contribution >= 4 is 11.9 Å². The number of amides is 1. The smallest absolute Gasteiger partial charge is 0.430 e. The lowest BCUT2D eigenvalue weighted by Crippen LogP contribution is -3.11. The van der Waals surface area contributed by atoms with Crippen molar-refractivity contribution in [3.05, 3.63) is 70.8 Å². The van der Waals surface area contributed by atoms with Gasteiger partial charge in [-0.3, -0.25) is 4.79 Å². The third-order valence-corrected chi connectivity index (χ3v) is 10.4. The maximum atomic E-state index is 14.7. The summed E-state index contributed by atoms with van der Waals surface area (Å²) in [5.74, 6) is -1.20. The summed E-state index contributed by atoms with van der Waals surface area (Å²) < 4.78 is 31.5. The van der Waals surface area contributed by atoms with Gasteiger partial charge in [-0.05, 0) is 55.6 Å². The number of nitrogens with zero attached hydrogens (tertiary/aromatic N) is 1. The molecule has 2 aromatic carbocycles. The highest BCUT2D eigenvalue weighted by Gasteiger charge is 2.58. The Morgan fingerprint density at radius 3 is 2.42 bits per heavy atom. The average molecular weight is 601 g/mol. The van der Waals surface area contributed by atoms with Crippen LogP contribution in [-0.2, 0) is 21.5 Å². The van der Waals surface area contributed by atoms with Crippen LogP contribution < -0.4 is 15.3 Å². The predicted molar refractivity (Wildman–Crippen MR) is 155 cm³/mol. The third kappa shape index (κ3) is 6.78. The highest BCUT2D eigenvalue weighted by Crippen LogP contribution is 2.43. The number of carbonyl (C=O) groups is 2. The van der Waals surface area contributed by atoms with E-state index in [0.29, 0.717) is 23.8 Å². The van der Waals surface area contributed by atoms with Gasteiger partial charge in [-0.15, -0.1) is 0 Å². The number of hydrogen-bond donors (Lipinski definition) is 2. The number of alkyl halides is 3. The summed E-state index contributed by atoms with van der Waals surface area (Å²) >= 11 is 0. The predicted octanol–water partition coefficient (Wildman–Crippen LogP) is 2.11. The molecule has 9 heteroatoms. The highest BCUT2D eigenvalue weighted by atomic mass is 19.4. The largest absolute Gasteiger partial charge is 0.542 e. The molecule has 5 atom stereocenters. The maximum Gasteiger partial charge on any atom is 0.430 e. The summed E-state index contributed by atoms with van der Waals surface area (Å²) in [7, 11) is 2.32. The van der Waals surface area contributed by atoms with Gasteiger partial charge in [0.25, 0.3) is 0 Å². The topological polar surface area (TPSA) is 81.5 Å². The number of carboxylic acids is 1. The molecule has 234 valence electrons. The first-order valence-electron chi connectivity index (χ1n) is 15.9. The van der Waals surface area contributed by atoms with Gasteiger partial charge in [-0.25, -0.2) is 0 Å². The normalized spacial score (nSPS) is 29.5. The minimum absolute atomic E-state index is 0.0319. The minimum atomic E-state index is -5.19. The molecule has 0 radical (unpaired) electrons. The second-order valence-corrected chi connectivity index (χ2v) is 13.3. The van der Waals surface area contributed by atoms with Crippen LogP contribution in [0.2, 0.25) is 0 Å². The monoisotopic (exact) mass is 600 g/mol. The van der Waals surface area contributed by atoms with E-state index in [1.807, 2.05) is 0 Å². The molecule has 1 aliphatic carbocycles. The Morgan fingerprint density at radius 1 is 1.05 bits per heavy atom. The zero-order valence-electron chi connectivity index (χ0n) is 25.3. The first-order chi connectivity index (χ1) is 20.5. The number of fused-ring (bicyclic) bond motifs is 2. The standard InChI is InChI=1S/C32H43N3O.C2HF3O2/c1-23-13-14-28-27(17-23)20-34(2)22-32(28)21-33-19-29(32)31(36)35-16-15-26(24-9-5-3-6-10-24)18-30(35)25-11-7-4-8-12-25;3-2(4,5)1(6)7/h3,5-6,9-10,13-14,17,25-26,29-30,33H,4,7-8,11-12,15-16,18-22H2,1-2H3;(H,6,7)/p+1/t26-,29+,30+,32-;/m1./s1. The Morgan fingerprint density at radius 2 is 1.74 bits per heavy atom. The number of aliphatic carboxylic acids is 1. The molecule has 1 amide bonds. The number of quaternary nitrogens is 2. The van der Waals surface area contributed by atoms with Gasteiger partial charge >= 0.3 is 6.18 Å². The Hall–Kier alpha value is -2.91. The number of benzene rings is 2. The molecule has 3 N–H and O–H groups in total. The molecule has 2 saturated heterocycles. The first-order valence-corrected chi connectivity index (χ1v) is 15.9. The number of piperidine rings is 1. The Balaban J connectivity index is 0.000000472. The van der Waals surface area contributed by atoms with Crippen molar-refractivity contribution in [2.45, 2.75) is 82.0 Å². The fraction of sp³-hybridized carbons (Fsp3) is 0.588. The van der Waals surface area contributed by atoms with Crippen LogP contribution in [0.3, 0.4) is 0 Å². The van der Waals surface area contributed by atoms with Crippen LogP contribution in [0.15, 0.2) is 48.5 Å². The van der Waals surface area contributed by atoms with Crippen molar-refractivity contribution in [3.8, 4) is 0 Å². The van der Waals surface area contributed by atoms with Gasteiger partial charge in [0.1, 0.15) is 23.8 Å². The number of rotatable bonds is 3. The van der Waals surface area contributed by atoms with Gasteiger partial charge in [0.2, 0.25) is 5.91 Å². The SMILES string of the molecule is Cc1ccc2c(c1)C[NH+](C)C[C@]21C[NH2+]C[C@H]1C(=O)N1CC[C@@H](c2ccccc2)C[C@H]1C1CCCCC1.O=C([O-])C(F)(F)F. The number of nitrogens with two attached hydrogens (primary N) is 1. The Labute approximate surface area is 252 Å². The molecule has 3 heterocycles. The van der Waals surface area contributed by atoms with Crippen LogP contribution in [-0.4, -0.2) is 62.2 Å². The third-order valence-electron chi connectivity index (χ3n) is 10.4. The summed E-state index contributed by atoms with van der Waals surface area (Å²) in [6, 6.07) is 18.5. The molecule has 1 spiro atoms. The number of likely N-dealkylation sites (tertiary alicyclic amines) is 1. The van der Waals surface area contributed by atoms with E-state index in [1.165, 1.54) is 54.4 Å². The summed E-state index contributed by atoms with van der Waals surface area (Å²) in [6.07, 6.45) is 3.68. The fourth-order valence-electron chi connectivity index (χ4n) is 8.55. The van der Waals surface area contributed by atoms with Crippen molar-refractivity contribution in [1.82, 2.24) is 4.90 Å². The molecule has 6 rings (SSSR count). The lowest BCUT2D eigenvalue weighted by molar-refractivity contribution is -0.902. The molecular weight excluding hydrogens is 555 g/mol. The van der Waals surface area contributed by atoms with Gasteiger partial charge in [-0.1, -0.05) is 73.4 Å². The zero-order chi connectivity index (χ0) is 30.8. The van der Waals surface area contributed by atoms with Gasteiger partial charge in [0, 0.05) is 18.2 Å². The average Bonchev–Trinajstić information content (AvgIpc) is 3.40. The lowest BCUT2D eigenvalue weighted by atomic mass is 9.67. The van der Waals surface area contributed by atoms with Gasteiger partial charge < -0.3 is 25.0 Å². The fourth-order valence-corrected chi connectivity index (χ4v) is 8.55. The summed E-state index contributed by atoms with van der Waals surface area (Å²) in [4.78, 5) is 27.4. The summed E-state index contributed by atoms with van der Waals surface area (Å²) in [6.45, 7) is 7.26. The Bertz CT molecular complexity index is 1280. The molecule has 0 bridgehead atoms. The molecule has 0 aromatic heterocycles. The van der Waals surface area contributed by atoms with E-state index in [4.69, 9.17) is 9.90 Å². The second-order valence-electron chi connectivity index (χ2n) is 13.3. The lowest BCUT2D eigenvalue weighted by Gasteiger charge is -2.47. The van der Waals surface area contributed by atoms with Crippen molar-refractivity contribution in [1.29, 1.82) is 0 Å². The van der Waals surface area contributed by atoms with Gasteiger partial charge in [0.05, 0.1) is 26.7 Å². The number of aryl methyl sites for hydroxylation is 1. The molecule has 43 heavy (non-hydrogen) atoms. The molecule has 6 nitrogen and oxygen atoms in total. The zero-order valence-corrected chi connectivity index (χ0v) is 25.3. The van der Waals surface area contributed by atoms with E-state index in [1.54, 1.807) is 4.90 Å². The van der Waals surface area contributed by atoms with Crippen LogP contribution in [0.1, 0.15) is 73.1 Å². The minimum Gasteiger partial charge on any atom is -0.542 e. The quantitative estimate of drug-likeness (QED) is 0.567. The van der Waals surface area contributed by atoms with Crippen LogP contribution in [0.4, 0.5) is 13.2 Å². The van der Waals surface area contributed by atoms with Crippen LogP contribution in [0.5, 0.6) is 0 Å².